The van der Waals surface area contributed by atoms with Crippen LogP contribution in [-0.4, -0.2) is 44.0 Å². The van der Waals surface area contributed by atoms with Crippen LogP contribution in [0.5, 0.6) is 5.75 Å². The first kappa shape index (κ1) is 20.3. The first-order chi connectivity index (χ1) is 12.9. The Hall–Kier alpha value is -3.02. The largest absolute Gasteiger partial charge is 0.491 e. The molecule has 6 heteroatoms. The molecule has 0 saturated heterocycles. The van der Waals surface area contributed by atoms with E-state index in [9.17, 15) is 9.59 Å². The van der Waals surface area contributed by atoms with Crippen LogP contribution in [0.3, 0.4) is 0 Å². The van der Waals surface area contributed by atoms with Crippen molar-refractivity contribution in [3.63, 3.8) is 0 Å². The number of hydrogen-bond acceptors (Lipinski definition) is 4. The van der Waals surface area contributed by atoms with E-state index in [0.29, 0.717) is 35.2 Å². The normalized spacial score (nSPS) is 10.4. The van der Waals surface area contributed by atoms with Gasteiger partial charge in [-0.3, -0.25) is 9.59 Å². The molecule has 0 unspecified atom stereocenters. The molecule has 0 atom stereocenters. The summed E-state index contributed by atoms with van der Waals surface area (Å²) >= 11 is 0. The summed E-state index contributed by atoms with van der Waals surface area (Å²) in [5, 5.41) is 5.90. The van der Waals surface area contributed by atoms with Gasteiger partial charge in [0.15, 0.2) is 0 Å². The van der Waals surface area contributed by atoms with Crippen LogP contribution in [0.1, 0.15) is 24.2 Å². The minimum absolute atomic E-state index is 0.0815. The van der Waals surface area contributed by atoms with E-state index in [-0.39, 0.29) is 18.4 Å². The molecule has 6 nitrogen and oxygen atoms in total. The van der Waals surface area contributed by atoms with Gasteiger partial charge in [-0.1, -0.05) is 32.0 Å². The van der Waals surface area contributed by atoms with Gasteiger partial charge in [-0.2, -0.15) is 0 Å². The number of benzene rings is 2. The van der Waals surface area contributed by atoms with Gasteiger partial charge >= 0.3 is 0 Å². The second-order valence-corrected chi connectivity index (χ2v) is 6.88. The van der Waals surface area contributed by atoms with E-state index in [1.807, 2.05) is 30.3 Å². The Bertz CT molecular complexity index is 788. The zero-order valence-electron chi connectivity index (χ0n) is 16.3. The quantitative estimate of drug-likeness (QED) is 0.747. The topological polar surface area (TPSA) is 70.7 Å². The molecule has 2 aromatic carbocycles. The first-order valence-corrected chi connectivity index (χ1v) is 8.94. The lowest BCUT2D eigenvalue weighted by Gasteiger charge is -2.14. The van der Waals surface area contributed by atoms with E-state index < -0.39 is 0 Å². The van der Waals surface area contributed by atoms with Crippen molar-refractivity contribution in [3.05, 3.63) is 54.1 Å². The van der Waals surface area contributed by atoms with Crippen molar-refractivity contribution in [2.24, 2.45) is 5.92 Å². The molecule has 0 heterocycles. The van der Waals surface area contributed by atoms with Crippen LogP contribution in [-0.2, 0) is 4.79 Å². The highest BCUT2D eigenvalue weighted by Gasteiger charge is 2.10. The molecule has 2 aromatic rings. The highest BCUT2D eigenvalue weighted by atomic mass is 16.5. The van der Waals surface area contributed by atoms with Gasteiger partial charge in [-0.25, -0.2) is 0 Å². The van der Waals surface area contributed by atoms with Crippen LogP contribution >= 0.6 is 0 Å². The van der Waals surface area contributed by atoms with Gasteiger partial charge in [0, 0.05) is 25.3 Å². The summed E-state index contributed by atoms with van der Waals surface area (Å²) in [6.07, 6.45) is 0. The van der Waals surface area contributed by atoms with Crippen molar-refractivity contribution >= 4 is 23.2 Å². The zero-order chi connectivity index (χ0) is 19.8. The van der Waals surface area contributed by atoms with Crippen LogP contribution in [0.15, 0.2) is 48.5 Å². The number of ether oxygens (including phenoxy) is 1. The molecule has 0 fully saturated rings. The van der Waals surface area contributed by atoms with E-state index in [1.165, 1.54) is 4.90 Å². The minimum atomic E-state index is -0.195. The number of anilines is 2. The molecule has 0 radical (unpaired) electrons. The maximum absolute atomic E-state index is 12.3. The second kappa shape index (κ2) is 9.62. The van der Waals surface area contributed by atoms with E-state index in [1.54, 1.807) is 32.3 Å². The van der Waals surface area contributed by atoms with Crippen LogP contribution in [0.2, 0.25) is 0 Å². The molecule has 0 saturated carbocycles. The van der Waals surface area contributed by atoms with Crippen LogP contribution in [0.25, 0.3) is 0 Å². The molecule has 0 aliphatic carbocycles. The standard InChI is InChI=1S/C21H27N3O3/c1-15(2)14-27-19-11-6-5-10-18(19)23-20(25)13-22-17-9-7-8-16(12-17)21(26)24(3)4/h5-12,15,22H,13-14H2,1-4H3,(H,23,25). The fourth-order valence-electron chi connectivity index (χ4n) is 2.35. The number of carbonyl (C=O) groups is 2. The number of para-hydroxylation sites is 2. The molecule has 2 rings (SSSR count). The van der Waals surface area contributed by atoms with Gasteiger partial charge in [0.25, 0.3) is 5.91 Å². The first-order valence-electron chi connectivity index (χ1n) is 8.94. The Morgan fingerprint density at radius 1 is 1.07 bits per heavy atom. The van der Waals surface area contributed by atoms with E-state index in [4.69, 9.17) is 4.74 Å². The third-order valence-corrected chi connectivity index (χ3v) is 3.70. The molecule has 2 N–H and O–H groups in total. The molecule has 144 valence electrons. The van der Waals surface area contributed by atoms with Gasteiger partial charge in [0.05, 0.1) is 18.8 Å². The van der Waals surface area contributed by atoms with E-state index in [0.717, 1.165) is 0 Å². The Balaban J connectivity index is 1.95. The number of amides is 2. The lowest BCUT2D eigenvalue weighted by Crippen LogP contribution is -2.23. The minimum Gasteiger partial charge on any atom is -0.491 e. The lowest BCUT2D eigenvalue weighted by atomic mass is 10.2. The molecule has 0 aromatic heterocycles. The highest BCUT2D eigenvalue weighted by Crippen LogP contribution is 2.24. The molecule has 0 aliphatic rings. The molecular weight excluding hydrogens is 342 g/mol. The van der Waals surface area contributed by atoms with Crippen molar-refractivity contribution in [1.29, 1.82) is 0 Å². The number of carbonyl (C=O) groups excluding carboxylic acids is 2. The molecule has 0 aliphatic heterocycles. The fraction of sp³-hybridized carbons (Fsp3) is 0.333. The third-order valence-electron chi connectivity index (χ3n) is 3.70. The summed E-state index contributed by atoms with van der Waals surface area (Å²) in [6.45, 7) is 4.80. The maximum Gasteiger partial charge on any atom is 0.253 e. The molecule has 2 amide bonds. The Morgan fingerprint density at radius 2 is 1.81 bits per heavy atom. The van der Waals surface area contributed by atoms with Gasteiger partial charge in [0.2, 0.25) is 5.91 Å². The number of nitrogens with one attached hydrogen (secondary N) is 2. The SMILES string of the molecule is CC(C)COc1ccccc1NC(=O)CNc1cccc(C(=O)N(C)C)c1. The molecule has 0 spiro atoms. The smallest absolute Gasteiger partial charge is 0.253 e. The van der Waals surface area contributed by atoms with Crippen molar-refractivity contribution in [3.8, 4) is 5.75 Å². The average Bonchev–Trinajstić information content (AvgIpc) is 2.65. The maximum atomic E-state index is 12.3. The highest BCUT2D eigenvalue weighted by molar-refractivity contribution is 5.96. The van der Waals surface area contributed by atoms with Gasteiger partial charge in [0.1, 0.15) is 5.75 Å². The summed E-state index contributed by atoms with van der Waals surface area (Å²) in [5.41, 5.74) is 1.92. The van der Waals surface area contributed by atoms with Crippen LogP contribution < -0.4 is 15.4 Å². The molecule has 0 bridgehead atoms. The Labute approximate surface area is 160 Å². The lowest BCUT2D eigenvalue weighted by molar-refractivity contribution is -0.114. The number of rotatable bonds is 8. The predicted octanol–water partition coefficient (Wildman–Crippen LogP) is 3.47. The zero-order valence-corrected chi connectivity index (χ0v) is 16.3. The monoisotopic (exact) mass is 369 g/mol. The average molecular weight is 369 g/mol. The number of nitrogens with zero attached hydrogens (tertiary/aromatic N) is 1. The van der Waals surface area contributed by atoms with E-state index >= 15 is 0 Å². The van der Waals surface area contributed by atoms with Crippen LogP contribution in [0, 0.1) is 5.92 Å². The van der Waals surface area contributed by atoms with Gasteiger partial charge in [-0.05, 0) is 36.2 Å². The van der Waals surface area contributed by atoms with Crippen molar-refractivity contribution in [2.75, 3.05) is 37.9 Å². The van der Waals surface area contributed by atoms with Crippen molar-refractivity contribution in [2.45, 2.75) is 13.8 Å². The summed E-state index contributed by atoms with van der Waals surface area (Å²) in [6, 6.07) is 14.4. The van der Waals surface area contributed by atoms with Crippen molar-refractivity contribution < 1.29 is 14.3 Å². The van der Waals surface area contributed by atoms with Gasteiger partial charge < -0.3 is 20.3 Å². The Kier molecular flexibility index (Phi) is 7.23. The predicted molar refractivity (Wildman–Crippen MR) is 108 cm³/mol. The molecule has 27 heavy (non-hydrogen) atoms. The second-order valence-electron chi connectivity index (χ2n) is 6.88. The fourth-order valence-corrected chi connectivity index (χ4v) is 2.35. The molecular formula is C21H27N3O3. The summed E-state index contributed by atoms with van der Waals surface area (Å²) < 4.78 is 5.75. The third kappa shape index (κ3) is 6.33. The number of hydrogen-bond donors (Lipinski definition) is 2. The summed E-state index contributed by atoms with van der Waals surface area (Å²) in [7, 11) is 3.41. The Morgan fingerprint density at radius 3 is 2.52 bits per heavy atom. The summed E-state index contributed by atoms with van der Waals surface area (Å²) in [4.78, 5) is 25.8. The van der Waals surface area contributed by atoms with E-state index in [2.05, 4.69) is 24.5 Å². The van der Waals surface area contributed by atoms with Gasteiger partial charge in [-0.15, -0.1) is 0 Å². The van der Waals surface area contributed by atoms with Crippen molar-refractivity contribution in [1.82, 2.24) is 4.90 Å². The van der Waals surface area contributed by atoms with Crippen LogP contribution in [0.4, 0.5) is 11.4 Å². The summed E-state index contributed by atoms with van der Waals surface area (Å²) in [5.74, 6) is 0.768.